The first-order valence-corrected chi connectivity index (χ1v) is 9.36. The summed E-state index contributed by atoms with van der Waals surface area (Å²) in [4.78, 5) is 21.7. The molecule has 3 heterocycles. The predicted molar refractivity (Wildman–Crippen MR) is 101 cm³/mol. The van der Waals surface area contributed by atoms with Crippen LogP contribution in [0.5, 0.6) is 0 Å². The maximum atomic E-state index is 13.1. The Bertz CT molecular complexity index is 754. The van der Waals surface area contributed by atoms with Crippen LogP contribution < -0.4 is 9.80 Å². The topological polar surface area (TPSA) is 36.4 Å². The van der Waals surface area contributed by atoms with Gasteiger partial charge < -0.3 is 9.80 Å². The molecule has 4 rings (SSSR count). The van der Waals surface area contributed by atoms with E-state index in [1.165, 1.54) is 5.56 Å². The number of fused-ring (bicyclic) bond motifs is 1. The summed E-state index contributed by atoms with van der Waals surface area (Å²) in [6, 6.07) is 12.1. The Balaban J connectivity index is 1.43. The van der Waals surface area contributed by atoms with Crippen molar-refractivity contribution in [2.75, 3.05) is 29.4 Å². The van der Waals surface area contributed by atoms with Gasteiger partial charge in [-0.15, -0.1) is 0 Å². The zero-order valence-electron chi connectivity index (χ0n) is 14.2. The van der Waals surface area contributed by atoms with Gasteiger partial charge in [0.15, 0.2) is 0 Å². The largest absolute Gasteiger partial charge is 0.357 e. The van der Waals surface area contributed by atoms with Crippen LogP contribution in [-0.2, 0) is 11.2 Å². The standard InChI is InChI=1S/C20H22ClN3O/c21-17-7-8-19(22-14-17)23-12-9-16(10-13-23)20(25)24-11-3-5-15-4-1-2-6-18(15)24/h1-2,4,6-8,14,16H,3,5,9-13H2. The van der Waals surface area contributed by atoms with Crippen molar-refractivity contribution >= 4 is 29.0 Å². The van der Waals surface area contributed by atoms with Crippen LogP contribution in [0.25, 0.3) is 0 Å². The number of halogens is 1. The molecule has 1 aromatic heterocycles. The molecule has 0 radical (unpaired) electrons. The molecular formula is C20H22ClN3O. The van der Waals surface area contributed by atoms with Gasteiger partial charge in [0.2, 0.25) is 5.91 Å². The van der Waals surface area contributed by atoms with Gasteiger partial charge in [-0.05, 0) is 49.4 Å². The number of rotatable bonds is 2. The van der Waals surface area contributed by atoms with Crippen molar-refractivity contribution in [3.8, 4) is 0 Å². The highest BCUT2D eigenvalue weighted by atomic mass is 35.5. The fourth-order valence-electron chi connectivity index (χ4n) is 3.89. The Morgan fingerprint density at radius 2 is 1.88 bits per heavy atom. The zero-order valence-corrected chi connectivity index (χ0v) is 15.0. The van der Waals surface area contributed by atoms with Crippen LogP contribution in [0.1, 0.15) is 24.8 Å². The Hall–Kier alpha value is -2.07. The van der Waals surface area contributed by atoms with E-state index < -0.39 is 0 Å². The molecule has 2 aliphatic heterocycles. The summed E-state index contributed by atoms with van der Waals surface area (Å²) >= 11 is 5.91. The molecule has 2 aromatic rings. The van der Waals surface area contributed by atoms with Crippen molar-refractivity contribution in [3.05, 3.63) is 53.2 Å². The van der Waals surface area contributed by atoms with E-state index in [0.29, 0.717) is 5.02 Å². The number of aromatic nitrogens is 1. The lowest BCUT2D eigenvalue weighted by molar-refractivity contribution is -0.123. The molecule has 1 aromatic carbocycles. The lowest BCUT2D eigenvalue weighted by atomic mass is 9.93. The highest BCUT2D eigenvalue weighted by Crippen LogP contribution is 2.31. The van der Waals surface area contributed by atoms with Crippen molar-refractivity contribution < 1.29 is 4.79 Å². The summed E-state index contributed by atoms with van der Waals surface area (Å²) in [5, 5.41) is 0.651. The summed E-state index contributed by atoms with van der Waals surface area (Å²) in [5.74, 6) is 1.34. The average Bonchev–Trinajstić information content (AvgIpc) is 2.68. The van der Waals surface area contributed by atoms with Crippen LogP contribution in [0.4, 0.5) is 11.5 Å². The molecule has 0 N–H and O–H groups in total. The molecule has 2 aliphatic rings. The summed E-state index contributed by atoms with van der Waals surface area (Å²) in [6.07, 6.45) is 5.55. The van der Waals surface area contributed by atoms with E-state index in [1.807, 2.05) is 23.1 Å². The van der Waals surface area contributed by atoms with Crippen LogP contribution in [0.15, 0.2) is 42.6 Å². The smallest absolute Gasteiger partial charge is 0.230 e. The molecule has 130 valence electrons. The number of hydrogen-bond acceptors (Lipinski definition) is 3. The van der Waals surface area contributed by atoms with E-state index in [9.17, 15) is 4.79 Å². The van der Waals surface area contributed by atoms with E-state index in [4.69, 9.17) is 11.6 Å². The molecule has 0 bridgehead atoms. The molecule has 0 spiro atoms. The maximum absolute atomic E-state index is 13.1. The third-order valence-electron chi connectivity index (χ3n) is 5.26. The Morgan fingerprint density at radius 3 is 2.64 bits per heavy atom. The first-order valence-electron chi connectivity index (χ1n) is 8.98. The van der Waals surface area contributed by atoms with E-state index in [-0.39, 0.29) is 11.8 Å². The lowest BCUT2D eigenvalue weighted by Crippen LogP contribution is -2.44. The number of carbonyl (C=O) groups excluding carboxylic acids is 1. The molecule has 1 amide bonds. The molecule has 0 saturated carbocycles. The van der Waals surface area contributed by atoms with Gasteiger partial charge >= 0.3 is 0 Å². The van der Waals surface area contributed by atoms with E-state index in [0.717, 1.165) is 56.8 Å². The second-order valence-corrected chi connectivity index (χ2v) is 7.25. The van der Waals surface area contributed by atoms with Crippen LogP contribution in [0.3, 0.4) is 0 Å². The average molecular weight is 356 g/mol. The summed E-state index contributed by atoms with van der Waals surface area (Å²) in [6.45, 7) is 2.57. The molecule has 4 nitrogen and oxygen atoms in total. The van der Waals surface area contributed by atoms with Crippen LogP contribution in [0, 0.1) is 5.92 Å². The number of benzene rings is 1. The minimum Gasteiger partial charge on any atom is -0.357 e. The Kier molecular flexibility index (Phi) is 4.62. The Morgan fingerprint density at radius 1 is 1.08 bits per heavy atom. The van der Waals surface area contributed by atoms with Gasteiger partial charge in [-0.1, -0.05) is 29.8 Å². The number of nitrogens with zero attached hydrogens (tertiary/aromatic N) is 3. The molecule has 1 saturated heterocycles. The van der Waals surface area contributed by atoms with Gasteiger partial charge in [0.25, 0.3) is 0 Å². The first-order chi connectivity index (χ1) is 12.2. The fourth-order valence-corrected chi connectivity index (χ4v) is 4.01. The number of hydrogen-bond donors (Lipinski definition) is 0. The van der Waals surface area contributed by atoms with Crippen molar-refractivity contribution in [2.45, 2.75) is 25.7 Å². The molecule has 25 heavy (non-hydrogen) atoms. The second kappa shape index (κ2) is 7.04. The minimum absolute atomic E-state index is 0.106. The van der Waals surface area contributed by atoms with Gasteiger partial charge in [0.1, 0.15) is 5.82 Å². The fraction of sp³-hybridized carbons (Fsp3) is 0.400. The third-order valence-corrected chi connectivity index (χ3v) is 5.48. The minimum atomic E-state index is 0.106. The second-order valence-electron chi connectivity index (χ2n) is 6.82. The summed E-state index contributed by atoms with van der Waals surface area (Å²) in [7, 11) is 0. The zero-order chi connectivity index (χ0) is 17.2. The number of anilines is 2. The first kappa shape index (κ1) is 16.4. The van der Waals surface area contributed by atoms with Crippen LogP contribution in [-0.4, -0.2) is 30.5 Å². The predicted octanol–water partition coefficient (Wildman–Crippen LogP) is 3.93. The number of piperidine rings is 1. The van der Waals surface area contributed by atoms with Crippen molar-refractivity contribution in [1.82, 2.24) is 4.98 Å². The van der Waals surface area contributed by atoms with Crippen LogP contribution >= 0.6 is 11.6 Å². The van der Waals surface area contributed by atoms with Crippen molar-refractivity contribution in [1.29, 1.82) is 0 Å². The highest BCUT2D eigenvalue weighted by Gasteiger charge is 2.31. The van der Waals surface area contributed by atoms with Gasteiger partial charge in [0.05, 0.1) is 5.02 Å². The molecule has 1 fully saturated rings. The highest BCUT2D eigenvalue weighted by molar-refractivity contribution is 6.30. The molecule has 0 aliphatic carbocycles. The number of para-hydroxylation sites is 1. The number of aryl methyl sites for hydroxylation is 1. The normalized spacial score (nSPS) is 18.1. The van der Waals surface area contributed by atoms with E-state index in [1.54, 1.807) is 6.20 Å². The Labute approximate surface area is 153 Å². The van der Waals surface area contributed by atoms with Gasteiger partial charge in [0, 0.05) is 37.4 Å². The summed E-state index contributed by atoms with van der Waals surface area (Å²) < 4.78 is 0. The van der Waals surface area contributed by atoms with E-state index in [2.05, 4.69) is 28.1 Å². The van der Waals surface area contributed by atoms with Crippen molar-refractivity contribution in [2.24, 2.45) is 5.92 Å². The lowest BCUT2D eigenvalue weighted by Gasteiger charge is -2.36. The number of amides is 1. The van der Waals surface area contributed by atoms with Gasteiger partial charge in [-0.2, -0.15) is 0 Å². The molecular weight excluding hydrogens is 334 g/mol. The summed E-state index contributed by atoms with van der Waals surface area (Å²) in [5.41, 5.74) is 2.41. The van der Waals surface area contributed by atoms with Crippen LogP contribution in [0.2, 0.25) is 5.02 Å². The van der Waals surface area contributed by atoms with Gasteiger partial charge in [-0.25, -0.2) is 4.98 Å². The molecule has 5 heteroatoms. The maximum Gasteiger partial charge on any atom is 0.230 e. The third kappa shape index (κ3) is 3.36. The SMILES string of the molecule is O=C(C1CCN(c2ccc(Cl)cn2)CC1)N1CCCc2ccccc21. The number of pyridine rings is 1. The number of carbonyl (C=O) groups is 1. The van der Waals surface area contributed by atoms with E-state index >= 15 is 0 Å². The van der Waals surface area contributed by atoms with Crippen molar-refractivity contribution in [3.63, 3.8) is 0 Å². The monoisotopic (exact) mass is 355 g/mol. The molecule has 0 atom stereocenters. The van der Waals surface area contributed by atoms with Gasteiger partial charge in [-0.3, -0.25) is 4.79 Å². The molecule has 0 unspecified atom stereocenters. The quantitative estimate of drug-likeness (QED) is 0.819.